The summed E-state index contributed by atoms with van der Waals surface area (Å²) in [6, 6.07) is 3.22. The first-order valence-electron chi connectivity index (χ1n) is 5.77. The molecule has 0 bridgehead atoms. The van der Waals surface area contributed by atoms with Crippen LogP contribution in [0.4, 0.5) is 8.78 Å². The predicted molar refractivity (Wildman–Crippen MR) is 66.0 cm³/mol. The Bertz CT molecular complexity index is 427. The Balaban J connectivity index is 2.45. The Labute approximate surface area is 105 Å². The topological polar surface area (TPSA) is 55.1 Å². The van der Waals surface area contributed by atoms with Crippen molar-refractivity contribution in [3.05, 3.63) is 35.4 Å². The molecule has 1 amide bonds. The second-order valence-electron chi connectivity index (χ2n) is 5.00. The normalized spacial score (nSPS) is 11.4. The number of aryl methyl sites for hydroxylation is 1. The summed E-state index contributed by atoms with van der Waals surface area (Å²) in [5, 5.41) is 2.65. The zero-order chi connectivity index (χ0) is 13.8. The molecule has 0 radical (unpaired) electrons. The van der Waals surface area contributed by atoms with Crippen LogP contribution in [0.25, 0.3) is 0 Å². The van der Waals surface area contributed by atoms with Crippen LogP contribution in [0.3, 0.4) is 0 Å². The zero-order valence-electron chi connectivity index (χ0n) is 10.6. The molecule has 0 unspecified atom stereocenters. The third kappa shape index (κ3) is 5.23. The maximum absolute atomic E-state index is 13.3. The summed E-state index contributed by atoms with van der Waals surface area (Å²) >= 11 is 0. The van der Waals surface area contributed by atoms with E-state index in [1.165, 1.54) is 0 Å². The quantitative estimate of drug-likeness (QED) is 0.843. The zero-order valence-corrected chi connectivity index (χ0v) is 10.6. The van der Waals surface area contributed by atoms with Gasteiger partial charge in [0.1, 0.15) is 11.6 Å². The highest BCUT2D eigenvalue weighted by Crippen LogP contribution is 2.11. The minimum absolute atomic E-state index is 0.108. The first-order chi connectivity index (χ1) is 8.28. The van der Waals surface area contributed by atoms with Crippen molar-refractivity contribution in [2.75, 3.05) is 6.54 Å². The highest BCUT2D eigenvalue weighted by molar-refractivity contribution is 5.76. The van der Waals surface area contributed by atoms with Crippen LogP contribution in [-0.4, -0.2) is 18.0 Å². The van der Waals surface area contributed by atoms with Crippen molar-refractivity contribution in [3.8, 4) is 0 Å². The van der Waals surface area contributed by atoms with Crippen molar-refractivity contribution in [2.24, 2.45) is 5.73 Å². The molecule has 0 spiro atoms. The maximum atomic E-state index is 13.3. The SMILES string of the molecule is CC(C)(N)CNC(=O)CCc1cc(F)ccc1F. The molecule has 0 atom stereocenters. The summed E-state index contributed by atoms with van der Waals surface area (Å²) in [6.45, 7) is 3.93. The molecule has 3 N–H and O–H groups in total. The largest absolute Gasteiger partial charge is 0.354 e. The van der Waals surface area contributed by atoms with Crippen molar-refractivity contribution in [3.63, 3.8) is 0 Å². The molecule has 3 nitrogen and oxygen atoms in total. The summed E-state index contributed by atoms with van der Waals surface area (Å²) < 4.78 is 26.2. The first-order valence-corrected chi connectivity index (χ1v) is 5.77. The monoisotopic (exact) mass is 256 g/mol. The molecule has 0 aromatic heterocycles. The number of amides is 1. The highest BCUT2D eigenvalue weighted by atomic mass is 19.1. The molecular formula is C13H18F2N2O. The Kier molecular flexibility index (Phi) is 4.78. The Morgan fingerprint density at radius 1 is 1.39 bits per heavy atom. The molecule has 0 aliphatic heterocycles. The van der Waals surface area contributed by atoms with Crippen LogP contribution in [0, 0.1) is 11.6 Å². The molecule has 5 heteroatoms. The minimum Gasteiger partial charge on any atom is -0.354 e. The third-order valence-corrected chi connectivity index (χ3v) is 2.37. The van der Waals surface area contributed by atoms with E-state index in [1.54, 1.807) is 13.8 Å². The summed E-state index contributed by atoms with van der Waals surface area (Å²) in [4.78, 5) is 11.5. The number of carbonyl (C=O) groups excluding carboxylic acids is 1. The lowest BCUT2D eigenvalue weighted by Gasteiger charge is -2.18. The van der Waals surface area contributed by atoms with Crippen molar-refractivity contribution in [1.29, 1.82) is 0 Å². The molecule has 1 aromatic rings. The molecule has 18 heavy (non-hydrogen) atoms. The smallest absolute Gasteiger partial charge is 0.220 e. The summed E-state index contributed by atoms with van der Waals surface area (Å²) in [7, 11) is 0. The van der Waals surface area contributed by atoms with E-state index in [9.17, 15) is 13.6 Å². The van der Waals surface area contributed by atoms with Crippen molar-refractivity contribution in [1.82, 2.24) is 5.32 Å². The van der Waals surface area contributed by atoms with Crippen LogP contribution < -0.4 is 11.1 Å². The number of rotatable bonds is 5. The summed E-state index contributed by atoms with van der Waals surface area (Å²) in [5.74, 6) is -1.23. The lowest BCUT2D eigenvalue weighted by atomic mass is 10.1. The standard InChI is InChI=1S/C13H18F2N2O/c1-13(2,16)8-17-12(18)6-3-9-7-10(14)4-5-11(9)15/h4-5,7H,3,6,8,16H2,1-2H3,(H,17,18). The molecule has 0 heterocycles. The van der Waals surface area contributed by atoms with Gasteiger partial charge >= 0.3 is 0 Å². The van der Waals surface area contributed by atoms with Gasteiger partial charge in [-0.2, -0.15) is 0 Å². The number of nitrogens with one attached hydrogen (secondary N) is 1. The van der Waals surface area contributed by atoms with E-state index in [2.05, 4.69) is 5.32 Å². The number of nitrogens with two attached hydrogens (primary N) is 1. The summed E-state index contributed by atoms with van der Waals surface area (Å²) in [5.41, 5.74) is 5.43. The van der Waals surface area contributed by atoms with Crippen LogP contribution in [0.5, 0.6) is 0 Å². The molecule has 0 aliphatic rings. The van der Waals surface area contributed by atoms with Gasteiger partial charge < -0.3 is 11.1 Å². The van der Waals surface area contributed by atoms with Gasteiger partial charge in [-0.1, -0.05) is 0 Å². The molecule has 1 rings (SSSR count). The Morgan fingerprint density at radius 2 is 2.06 bits per heavy atom. The summed E-state index contributed by atoms with van der Waals surface area (Å²) in [6.07, 6.45) is 0.275. The first kappa shape index (κ1) is 14.6. The molecule has 0 fully saturated rings. The van der Waals surface area contributed by atoms with Gasteiger partial charge in [0.15, 0.2) is 0 Å². The molecule has 1 aromatic carbocycles. The van der Waals surface area contributed by atoms with E-state index >= 15 is 0 Å². The van der Waals surface area contributed by atoms with Crippen LogP contribution in [-0.2, 0) is 11.2 Å². The van der Waals surface area contributed by atoms with Gasteiger partial charge in [0.2, 0.25) is 5.91 Å². The van der Waals surface area contributed by atoms with Crippen molar-refractivity contribution >= 4 is 5.91 Å². The van der Waals surface area contributed by atoms with Gasteiger partial charge in [0, 0.05) is 18.5 Å². The van der Waals surface area contributed by atoms with Gasteiger partial charge in [-0.15, -0.1) is 0 Å². The number of benzene rings is 1. The van der Waals surface area contributed by atoms with E-state index in [-0.39, 0.29) is 24.3 Å². The fraction of sp³-hybridized carbons (Fsp3) is 0.462. The fourth-order valence-electron chi connectivity index (χ4n) is 1.40. The average molecular weight is 256 g/mol. The molecule has 100 valence electrons. The fourth-order valence-corrected chi connectivity index (χ4v) is 1.40. The third-order valence-electron chi connectivity index (χ3n) is 2.37. The van der Waals surface area contributed by atoms with E-state index in [0.717, 1.165) is 18.2 Å². The number of hydrogen-bond acceptors (Lipinski definition) is 2. The lowest BCUT2D eigenvalue weighted by Crippen LogP contribution is -2.45. The van der Waals surface area contributed by atoms with E-state index < -0.39 is 17.2 Å². The van der Waals surface area contributed by atoms with Crippen LogP contribution in [0.2, 0.25) is 0 Å². The lowest BCUT2D eigenvalue weighted by molar-refractivity contribution is -0.121. The van der Waals surface area contributed by atoms with Gasteiger partial charge in [-0.3, -0.25) is 4.79 Å². The van der Waals surface area contributed by atoms with Crippen LogP contribution in [0.1, 0.15) is 25.8 Å². The second-order valence-corrected chi connectivity index (χ2v) is 5.00. The maximum Gasteiger partial charge on any atom is 0.220 e. The van der Waals surface area contributed by atoms with Gasteiger partial charge in [0.25, 0.3) is 0 Å². The van der Waals surface area contributed by atoms with Gasteiger partial charge in [-0.05, 0) is 44.0 Å². The van der Waals surface area contributed by atoms with Crippen molar-refractivity contribution in [2.45, 2.75) is 32.2 Å². The molecule has 0 saturated heterocycles. The average Bonchev–Trinajstić information content (AvgIpc) is 2.26. The van der Waals surface area contributed by atoms with Crippen molar-refractivity contribution < 1.29 is 13.6 Å². The minimum atomic E-state index is -0.505. The second kappa shape index (κ2) is 5.91. The van der Waals surface area contributed by atoms with Crippen LogP contribution in [0.15, 0.2) is 18.2 Å². The number of carbonyl (C=O) groups is 1. The Hall–Kier alpha value is -1.49. The highest BCUT2D eigenvalue weighted by Gasteiger charge is 2.13. The predicted octanol–water partition coefficient (Wildman–Crippen LogP) is 1.75. The van der Waals surface area contributed by atoms with Crippen LogP contribution >= 0.6 is 0 Å². The number of hydrogen-bond donors (Lipinski definition) is 2. The van der Waals surface area contributed by atoms with E-state index in [1.807, 2.05) is 0 Å². The van der Waals surface area contributed by atoms with Gasteiger partial charge in [-0.25, -0.2) is 8.78 Å². The Morgan fingerprint density at radius 3 is 2.67 bits per heavy atom. The van der Waals surface area contributed by atoms with Gasteiger partial charge in [0.05, 0.1) is 0 Å². The molecular weight excluding hydrogens is 238 g/mol. The van der Waals surface area contributed by atoms with E-state index in [0.29, 0.717) is 6.54 Å². The number of halogens is 2. The van der Waals surface area contributed by atoms with E-state index in [4.69, 9.17) is 5.73 Å². The molecule has 0 saturated carbocycles. The molecule has 0 aliphatic carbocycles.